The van der Waals surface area contributed by atoms with Crippen LogP contribution in [-0.2, 0) is 9.53 Å². The van der Waals surface area contributed by atoms with Gasteiger partial charge in [0.15, 0.2) is 0 Å². The average molecular weight is 186 g/mol. The van der Waals surface area contributed by atoms with Crippen molar-refractivity contribution < 1.29 is 14.0 Å². The van der Waals surface area contributed by atoms with Gasteiger partial charge in [0, 0.05) is 5.57 Å². The van der Waals surface area contributed by atoms with Crippen molar-refractivity contribution in [1.29, 1.82) is 0 Å². The Bertz CT molecular complexity index is 203. The van der Waals surface area contributed by atoms with Gasteiger partial charge >= 0.3 is 5.97 Å². The van der Waals surface area contributed by atoms with E-state index in [-0.39, 0.29) is 12.1 Å². The van der Waals surface area contributed by atoms with E-state index in [0.717, 1.165) is 11.0 Å². The summed E-state index contributed by atoms with van der Waals surface area (Å²) in [5.74, 6) is -0.305. The number of carbonyl (C=O) groups excluding carboxylic acids is 1. The van der Waals surface area contributed by atoms with Crippen LogP contribution in [0, 0.1) is 0 Å². The van der Waals surface area contributed by atoms with Crippen LogP contribution in [0.3, 0.4) is 0 Å². The molecule has 0 spiro atoms. The summed E-state index contributed by atoms with van der Waals surface area (Å²) in [5, 5.41) is 0. The Balaban J connectivity index is 3.95. The molecule has 0 aliphatic heterocycles. The Labute approximate surface area is 80.6 Å². The summed E-state index contributed by atoms with van der Waals surface area (Å²) in [6, 6.07) is 0. The third kappa shape index (κ3) is 6.34. The lowest BCUT2D eigenvalue weighted by molar-refractivity contribution is -0.873. The van der Waals surface area contributed by atoms with Crippen LogP contribution in [0.25, 0.3) is 0 Å². The molecule has 0 rings (SSSR count). The highest BCUT2D eigenvalue weighted by Gasteiger charge is 2.17. The van der Waals surface area contributed by atoms with Crippen molar-refractivity contribution >= 4 is 5.97 Å². The lowest BCUT2D eigenvalue weighted by atomic mass is 10.3. The number of hydrogen-bond acceptors (Lipinski definition) is 2. The zero-order valence-corrected chi connectivity index (χ0v) is 9.26. The predicted molar refractivity (Wildman–Crippen MR) is 53.3 cm³/mol. The van der Waals surface area contributed by atoms with Gasteiger partial charge in [-0.2, -0.15) is 0 Å². The minimum atomic E-state index is -0.305. The van der Waals surface area contributed by atoms with Gasteiger partial charge in [-0.3, -0.25) is 0 Å². The largest absolute Gasteiger partial charge is 0.453 e. The maximum Gasteiger partial charge on any atom is 0.333 e. The smallest absolute Gasteiger partial charge is 0.333 e. The van der Waals surface area contributed by atoms with E-state index in [2.05, 4.69) is 27.7 Å². The van der Waals surface area contributed by atoms with Crippen LogP contribution in [0.5, 0.6) is 0 Å². The lowest BCUT2D eigenvalue weighted by Crippen LogP contribution is -2.41. The SMILES string of the molecule is C=C(C)C(=O)OC(C)C[N+](C)(C)C. The molecule has 0 saturated carbocycles. The van der Waals surface area contributed by atoms with Crippen LogP contribution in [0.2, 0.25) is 0 Å². The zero-order valence-electron chi connectivity index (χ0n) is 9.26. The van der Waals surface area contributed by atoms with E-state index in [9.17, 15) is 4.79 Å². The Morgan fingerprint density at radius 3 is 2.23 bits per heavy atom. The summed E-state index contributed by atoms with van der Waals surface area (Å²) in [4.78, 5) is 11.1. The Morgan fingerprint density at radius 2 is 1.92 bits per heavy atom. The first-order valence-electron chi connectivity index (χ1n) is 4.39. The van der Waals surface area contributed by atoms with Gasteiger partial charge in [0.2, 0.25) is 0 Å². The first kappa shape index (κ1) is 12.2. The maximum absolute atomic E-state index is 11.1. The number of esters is 1. The van der Waals surface area contributed by atoms with Gasteiger partial charge in [0.1, 0.15) is 12.6 Å². The molecule has 0 radical (unpaired) electrons. The molecular weight excluding hydrogens is 166 g/mol. The molecule has 0 heterocycles. The predicted octanol–water partition coefficient (Wildman–Crippen LogP) is 1.20. The molecule has 1 unspecified atom stereocenters. The fraction of sp³-hybridized carbons (Fsp3) is 0.700. The standard InChI is InChI=1S/C10H20NO2/c1-8(2)10(12)13-9(3)7-11(4,5)6/h9H,1,7H2,2-6H3/q+1. The number of likely N-dealkylation sites (N-methyl/N-ethyl adjacent to an activating group) is 1. The monoisotopic (exact) mass is 186 g/mol. The summed E-state index contributed by atoms with van der Waals surface area (Å²) >= 11 is 0. The van der Waals surface area contributed by atoms with Crippen molar-refractivity contribution in [2.45, 2.75) is 20.0 Å². The number of nitrogens with zero attached hydrogens (tertiary/aromatic N) is 1. The molecular formula is C10H20NO2+. The molecule has 0 aromatic carbocycles. The van der Waals surface area contributed by atoms with Crippen molar-refractivity contribution in [3.05, 3.63) is 12.2 Å². The van der Waals surface area contributed by atoms with Gasteiger partial charge in [-0.1, -0.05) is 6.58 Å². The summed E-state index contributed by atoms with van der Waals surface area (Å²) < 4.78 is 5.92. The van der Waals surface area contributed by atoms with E-state index in [4.69, 9.17) is 4.74 Å². The van der Waals surface area contributed by atoms with Gasteiger partial charge in [0.05, 0.1) is 21.1 Å². The topological polar surface area (TPSA) is 26.3 Å². The molecule has 0 fully saturated rings. The van der Waals surface area contributed by atoms with Crippen molar-refractivity contribution in [1.82, 2.24) is 0 Å². The second kappa shape index (κ2) is 4.42. The van der Waals surface area contributed by atoms with Crippen molar-refractivity contribution in [3.63, 3.8) is 0 Å². The normalized spacial score (nSPS) is 13.6. The molecule has 0 aliphatic rings. The van der Waals surface area contributed by atoms with Crippen LogP contribution in [0.15, 0.2) is 12.2 Å². The molecule has 0 bridgehead atoms. The third-order valence-electron chi connectivity index (χ3n) is 1.46. The third-order valence-corrected chi connectivity index (χ3v) is 1.46. The minimum absolute atomic E-state index is 0.0656. The molecule has 0 N–H and O–H groups in total. The van der Waals surface area contributed by atoms with E-state index in [1.807, 2.05) is 6.92 Å². The molecule has 76 valence electrons. The van der Waals surface area contributed by atoms with Gasteiger partial charge in [-0.05, 0) is 13.8 Å². The molecule has 0 aromatic rings. The Kier molecular flexibility index (Phi) is 4.14. The quantitative estimate of drug-likeness (QED) is 0.374. The highest BCUT2D eigenvalue weighted by Crippen LogP contribution is 2.02. The van der Waals surface area contributed by atoms with Crippen LogP contribution < -0.4 is 0 Å². The highest BCUT2D eigenvalue weighted by molar-refractivity contribution is 5.87. The average Bonchev–Trinajstić information content (AvgIpc) is 1.81. The lowest BCUT2D eigenvalue weighted by Gasteiger charge is -2.27. The molecule has 3 nitrogen and oxygen atoms in total. The number of hydrogen-bond donors (Lipinski definition) is 0. The Hall–Kier alpha value is -0.830. The fourth-order valence-electron chi connectivity index (χ4n) is 1.09. The van der Waals surface area contributed by atoms with Gasteiger partial charge in [-0.25, -0.2) is 4.79 Å². The molecule has 0 amide bonds. The van der Waals surface area contributed by atoms with Gasteiger partial charge in [0.25, 0.3) is 0 Å². The molecule has 0 aromatic heterocycles. The van der Waals surface area contributed by atoms with Gasteiger partial charge < -0.3 is 9.22 Å². The summed E-state index contributed by atoms with van der Waals surface area (Å²) in [7, 11) is 6.18. The van der Waals surface area contributed by atoms with E-state index >= 15 is 0 Å². The first-order valence-corrected chi connectivity index (χ1v) is 4.39. The number of rotatable bonds is 4. The molecule has 0 aliphatic carbocycles. The first-order chi connectivity index (χ1) is 5.72. The van der Waals surface area contributed by atoms with Crippen LogP contribution in [0.1, 0.15) is 13.8 Å². The second-order valence-corrected chi connectivity index (χ2v) is 4.47. The molecule has 13 heavy (non-hydrogen) atoms. The summed E-state index contributed by atoms with van der Waals surface area (Å²) in [5.41, 5.74) is 0.452. The van der Waals surface area contributed by atoms with Crippen LogP contribution >= 0.6 is 0 Å². The van der Waals surface area contributed by atoms with Crippen LogP contribution in [0.4, 0.5) is 0 Å². The summed E-state index contributed by atoms with van der Waals surface area (Å²) in [6.07, 6.45) is -0.0656. The molecule has 1 atom stereocenters. The Morgan fingerprint density at radius 1 is 1.46 bits per heavy atom. The highest BCUT2D eigenvalue weighted by atomic mass is 16.5. The molecule has 0 saturated heterocycles. The number of quaternary nitrogens is 1. The van der Waals surface area contributed by atoms with Crippen LogP contribution in [-0.4, -0.2) is 44.2 Å². The number of carbonyl (C=O) groups is 1. The second-order valence-electron chi connectivity index (χ2n) is 4.47. The van der Waals surface area contributed by atoms with E-state index in [0.29, 0.717) is 5.57 Å². The maximum atomic E-state index is 11.1. The van der Waals surface area contributed by atoms with E-state index in [1.165, 1.54) is 0 Å². The minimum Gasteiger partial charge on any atom is -0.453 e. The van der Waals surface area contributed by atoms with E-state index < -0.39 is 0 Å². The number of ether oxygens (including phenoxy) is 1. The van der Waals surface area contributed by atoms with Crippen molar-refractivity contribution in [2.75, 3.05) is 27.7 Å². The van der Waals surface area contributed by atoms with Gasteiger partial charge in [-0.15, -0.1) is 0 Å². The van der Waals surface area contributed by atoms with Crippen molar-refractivity contribution in [2.24, 2.45) is 0 Å². The van der Waals surface area contributed by atoms with Crippen molar-refractivity contribution in [3.8, 4) is 0 Å². The molecule has 3 heteroatoms. The zero-order chi connectivity index (χ0) is 10.6. The summed E-state index contributed by atoms with van der Waals surface area (Å²) in [6.45, 7) is 7.88. The van der Waals surface area contributed by atoms with E-state index in [1.54, 1.807) is 6.92 Å². The fourth-order valence-corrected chi connectivity index (χ4v) is 1.09.